The first-order chi connectivity index (χ1) is 11.0. The highest BCUT2D eigenvalue weighted by atomic mass is 16.5. The number of fused-ring (bicyclic) bond motifs is 1. The molecular formula is C18H21N3O2. The zero-order valence-electron chi connectivity index (χ0n) is 13.9. The van der Waals surface area contributed by atoms with E-state index < -0.39 is 0 Å². The number of ether oxygens (including phenoxy) is 1. The fraction of sp³-hybridized carbons (Fsp3) is 0.333. The van der Waals surface area contributed by atoms with Gasteiger partial charge in [0.05, 0.1) is 24.4 Å². The molecule has 0 aliphatic carbocycles. The van der Waals surface area contributed by atoms with E-state index in [0.29, 0.717) is 6.61 Å². The van der Waals surface area contributed by atoms with Crippen LogP contribution in [-0.2, 0) is 4.79 Å². The number of likely N-dealkylation sites (N-methyl/N-ethyl adjacent to an activating group) is 1. The van der Waals surface area contributed by atoms with Crippen LogP contribution in [0.1, 0.15) is 42.4 Å². The highest BCUT2D eigenvalue weighted by molar-refractivity contribution is 5.92. The maximum atomic E-state index is 12.5. The molecule has 0 bridgehead atoms. The number of aryl methyl sites for hydroxylation is 1. The number of rotatable bonds is 3. The number of amides is 1. The number of hydrogen-bond acceptors (Lipinski definition) is 3. The predicted octanol–water partition coefficient (Wildman–Crippen LogP) is 3.08. The summed E-state index contributed by atoms with van der Waals surface area (Å²) in [5.74, 6) is 1.51. The normalized spacial score (nSPS) is 17.6. The molecule has 0 spiro atoms. The van der Waals surface area contributed by atoms with Crippen LogP contribution < -0.4 is 4.74 Å². The smallest absolute Gasteiger partial charge is 0.233 e. The summed E-state index contributed by atoms with van der Waals surface area (Å²) >= 11 is 0. The van der Waals surface area contributed by atoms with Crippen molar-refractivity contribution in [3.8, 4) is 5.75 Å². The lowest BCUT2D eigenvalue weighted by atomic mass is 9.91. The first-order valence-corrected chi connectivity index (χ1v) is 7.78. The van der Waals surface area contributed by atoms with Crippen LogP contribution >= 0.6 is 0 Å². The van der Waals surface area contributed by atoms with Crippen molar-refractivity contribution in [1.82, 2.24) is 14.9 Å². The minimum atomic E-state index is -0.205. The Kier molecular flexibility index (Phi) is 3.94. The van der Waals surface area contributed by atoms with Crippen LogP contribution in [0.3, 0.4) is 0 Å². The molecule has 23 heavy (non-hydrogen) atoms. The molecule has 120 valence electrons. The van der Waals surface area contributed by atoms with Gasteiger partial charge in [0.2, 0.25) is 5.91 Å². The third-order valence-corrected chi connectivity index (χ3v) is 4.13. The van der Waals surface area contributed by atoms with Crippen LogP contribution in [0.25, 0.3) is 5.57 Å². The monoisotopic (exact) mass is 311 g/mol. The molecule has 0 radical (unpaired) electrons. The standard InChI is InChI=1S/C18H21N3O2/c1-5-23-13-6-7-14-11(2)18(22)21(4)10-16(15(14)8-13)17-9-19-12(3)20-17/h6-11H,5H2,1-4H3,(H,19,20)/t11-/m1/s1. The van der Waals surface area contributed by atoms with Crippen LogP contribution in [0.5, 0.6) is 5.75 Å². The first-order valence-electron chi connectivity index (χ1n) is 7.78. The van der Waals surface area contributed by atoms with Crippen molar-refractivity contribution in [2.24, 2.45) is 0 Å². The molecule has 0 unspecified atom stereocenters. The van der Waals surface area contributed by atoms with Crippen molar-refractivity contribution in [1.29, 1.82) is 0 Å². The van der Waals surface area contributed by atoms with Gasteiger partial charge in [-0.3, -0.25) is 4.79 Å². The van der Waals surface area contributed by atoms with Gasteiger partial charge in [0.25, 0.3) is 0 Å². The number of carbonyl (C=O) groups excluding carboxylic acids is 1. The Labute approximate surface area is 136 Å². The van der Waals surface area contributed by atoms with Crippen molar-refractivity contribution in [2.45, 2.75) is 26.7 Å². The molecule has 3 rings (SSSR count). The second kappa shape index (κ2) is 5.91. The van der Waals surface area contributed by atoms with Crippen LogP contribution in [0, 0.1) is 6.92 Å². The number of nitrogens with zero attached hydrogens (tertiary/aromatic N) is 2. The van der Waals surface area contributed by atoms with Gasteiger partial charge >= 0.3 is 0 Å². The summed E-state index contributed by atoms with van der Waals surface area (Å²) in [7, 11) is 1.79. The second-order valence-electron chi connectivity index (χ2n) is 5.78. The lowest BCUT2D eigenvalue weighted by molar-refractivity contribution is -0.128. The third kappa shape index (κ3) is 2.74. The number of benzene rings is 1. The molecule has 1 aliphatic heterocycles. The molecule has 1 aliphatic rings. The summed E-state index contributed by atoms with van der Waals surface area (Å²) < 4.78 is 5.64. The average Bonchev–Trinajstić information content (AvgIpc) is 2.94. The molecule has 5 heteroatoms. The van der Waals surface area contributed by atoms with E-state index >= 15 is 0 Å². The van der Waals surface area contributed by atoms with Crippen molar-refractivity contribution >= 4 is 11.5 Å². The van der Waals surface area contributed by atoms with Gasteiger partial charge in [-0.05, 0) is 44.0 Å². The second-order valence-corrected chi connectivity index (χ2v) is 5.78. The van der Waals surface area contributed by atoms with E-state index in [1.165, 1.54) is 0 Å². The Morgan fingerprint density at radius 1 is 1.39 bits per heavy atom. The van der Waals surface area contributed by atoms with Gasteiger partial charge in [-0.2, -0.15) is 0 Å². The number of aromatic nitrogens is 2. The number of hydrogen-bond donors (Lipinski definition) is 1. The highest BCUT2D eigenvalue weighted by Crippen LogP contribution is 2.36. The Morgan fingerprint density at radius 2 is 2.17 bits per heavy atom. The number of carbonyl (C=O) groups is 1. The summed E-state index contributed by atoms with van der Waals surface area (Å²) in [4.78, 5) is 21.7. The summed E-state index contributed by atoms with van der Waals surface area (Å²) in [6.07, 6.45) is 3.67. The van der Waals surface area contributed by atoms with E-state index in [-0.39, 0.29) is 11.8 Å². The molecule has 1 amide bonds. The van der Waals surface area contributed by atoms with E-state index in [1.807, 2.05) is 45.2 Å². The SMILES string of the molecule is CCOc1ccc2c(c1)C(c1cnc(C)[nH]1)=CN(C)C(=O)[C@@H]2C. The predicted molar refractivity (Wildman–Crippen MR) is 89.2 cm³/mol. The van der Waals surface area contributed by atoms with Gasteiger partial charge in [-0.25, -0.2) is 4.98 Å². The van der Waals surface area contributed by atoms with Crippen LogP contribution in [0.15, 0.2) is 30.6 Å². The summed E-state index contributed by atoms with van der Waals surface area (Å²) in [6.45, 7) is 6.42. The van der Waals surface area contributed by atoms with E-state index in [1.54, 1.807) is 18.1 Å². The fourth-order valence-corrected chi connectivity index (χ4v) is 2.94. The van der Waals surface area contributed by atoms with E-state index in [2.05, 4.69) is 9.97 Å². The van der Waals surface area contributed by atoms with Crippen molar-refractivity contribution in [2.75, 3.05) is 13.7 Å². The van der Waals surface area contributed by atoms with Crippen molar-refractivity contribution in [3.63, 3.8) is 0 Å². The molecule has 5 nitrogen and oxygen atoms in total. The number of aromatic amines is 1. The van der Waals surface area contributed by atoms with E-state index in [0.717, 1.165) is 34.0 Å². The maximum absolute atomic E-state index is 12.5. The Bertz CT molecular complexity index is 776. The molecule has 1 aromatic heterocycles. The summed E-state index contributed by atoms with van der Waals surface area (Å²) in [5, 5.41) is 0. The number of H-pyrrole nitrogens is 1. The lowest BCUT2D eigenvalue weighted by Gasteiger charge is -2.16. The van der Waals surface area contributed by atoms with Gasteiger partial charge in [0, 0.05) is 18.8 Å². The van der Waals surface area contributed by atoms with Crippen LogP contribution in [-0.4, -0.2) is 34.4 Å². The number of nitrogens with one attached hydrogen (secondary N) is 1. The lowest BCUT2D eigenvalue weighted by Crippen LogP contribution is -2.24. The van der Waals surface area contributed by atoms with E-state index in [4.69, 9.17) is 4.74 Å². The third-order valence-electron chi connectivity index (χ3n) is 4.13. The largest absolute Gasteiger partial charge is 0.494 e. The van der Waals surface area contributed by atoms with Crippen LogP contribution in [0.2, 0.25) is 0 Å². The Hall–Kier alpha value is -2.56. The first kappa shape index (κ1) is 15.3. The molecule has 0 fully saturated rings. The molecule has 1 N–H and O–H groups in total. The quantitative estimate of drug-likeness (QED) is 0.947. The summed E-state index contributed by atoms with van der Waals surface area (Å²) in [5.41, 5.74) is 3.85. The van der Waals surface area contributed by atoms with Gasteiger partial charge in [-0.1, -0.05) is 6.07 Å². The summed E-state index contributed by atoms with van der Waals surface area (Å²) in [6, 6.07) is 5.91. The molecule has 1 atom stereocenters. The van der Waals surface area contributed by atoms with Gasteiger partial charge in [-0.15, -0.1) is 0 Å². The van der Waals surface area contributed by atoms with Gasteiger partial charge in [0.15, 0.2) is 0 Å². The molecular weight excluding hydrogens is 290 g/mol. The molecule has 1 aromatic carbocycles. The molecule has 0 saturated heterocycles. The van der Waals surface area contributed by atoms with Gasteiger partial charge in [0.1, 0.15) is 11.6 Å². The van der Waals surface area contributed by atoms with Crippen LogP contribution in [0.4, 0.5) is 0 Å². The topological polar surface area (TPSA) is 58.2 Å². The molecule has 2 aromatic rings. The maximum Gasteiger partial charge on any atom is 0.233 e. The minimum absolute atomic E-state index is 0.0710. The van der Waals surface area contributed by atoms with Gasteiger partial charge < -0.3 is 14.6 Å². The Morgan fingerprint density at radius 3 is 2.83 bits per heavy atom. The number of imidazole rings is 1. The van der Waals surface area contributed by atoms with Crippen molar-refractivity contribution in [3.05, 3.63) is 53.2 Å². The molecule has 0 saturated carbocycles. The zero-order chi connectivity index (χ0) is 16.6. The minimum Gasteiger partial charge on any atom is -0.494 e. The average molecular weight is 311 g/mol. The molecule has 2 heterocycles. The Balaban J connectivity index is 2.21. The van der Waals surface area contributed by atoms with Crippen molar-refractivity contribution < 1.29 is 9.53 Å². The highest BCUT2D eigenvalue weighted by Gasteiger charge is 2.27. The fourth-order valence-electron chi connectivity index (χ4n) is 2.94. The van der Waals surface area contributed by atoms with E-state index in [9.17, 15) is 4.79 Å². The zero-order valence-corrected chi connectivity index (χ0v) is 13.9.